The van der Waals surface area contributed by atoms with Crippen LogP contribution in [0.1, 0.15) is 102 Å². The zero-order valence-electron chi connectivity index (χ0n) is 26.7. The van der Waals surface area contributed by atoms with Gasteiger partial charge in [-0.3, -0.25) is 0 Å². The van der Waals surface area contributed by atoms with Crippen molar-refractivity contribution in [1.82, 2.24) is 0 Å². The van der Waals surface area contributed by atoms with E-state index in [0.29, 0.717) is 12.0 Å². The first kappa shape index (κ1) is 32.7. The quantitative estimate of drug-likeness (QED) is 0.170. The van der Waals surface area contributed by atoms with Crippen LogP contribution >= 0.6 is 0 Å². The van der Waals surface area contributed by atoms with Crippen LogP contribution in [0.4, 0.5) is 0 Å². The van der Waals surface area contributed by atoms with E-state index in [9.17, 15) is 9.90 Å². The van der Waals surface area contributed by atoms with E-state index in [4.69, 9.17) is 4.74 Å². The van der Waals surface area contributed by atoms with Gasteiger partial charge in [-0.15, -0.1) is 0 Å². The van der Waals surface area contributed by atoms with E-state index >= 15 is 0 Å². The molecule has 1 unspecified atom stereocenters. The van der Waals surface area contributed by atoms with Crippen molar-refractivity contribution in [1.29, 1.82) is 0 Å². The smallest absolute Gasteiger partial charge is 0.335 e. The molecule has 2 aromatic carbocycles. The molecule has 1 aliphatic heterocycles. The molecule has 4 heteroatoms. The summed E-state index contributed by atoms with van der Waals surface area (Å²) in [5.41, 5.74) is 8.52. The summed E-state index contributed by atoms with van der Waals surface area (Å²) in [6.45, 7) is 20.8. The summed E-state index contributed by atoms with van der Waals surface area (Å²) in [7, 11) is 2.08. The molecule has 219 valence electrons. The first-order valence-corrected chi connectivity index (χ1v) is 15.2. The molecule has 1 heterocycles. The lowest BCUT2D eigenvalue weighted by atomic mass is 9.54. The maximum absolute atomic E-state index is 12.5. The van der Waals surface area contributed by atoms with Crippen molar-refractivity contribution in [3.63, 3.8) is 0 Å². The van der Waals surface area contributed by atoms with Crippen molar-refractivity contribution < 1.29 is 14.6 Å². The Hall–Kier alpha value is -3.79. The van der Waals surface area contributed by atoms with Crippen molar-refractivity contribution >= 4 is 37.2 Å². The Bertz CT molecular complexity index is 1600. The average Bonchev–Trinajstić information content (AvgIpc) is 2.96. The molecule has 1 N–H and O–H groups in total. The molecule has 3 rings (SSSR count). The minimum Gasteiger partial charge on any atom is -0.478 e. The van der Waals surface area contributed by atoms with Gasteiger partial charge in [0.1, 0.15) is 11.5 Å². The van der Waals surface area contributed by atoms with Crippen LogP contribution in [0.2, 0.25) is 0 Å². The highest BCUT2D eigenvalue weighted by Crippen LogP contribution is 2.43. The number of carboxylic acid groups (broad SMARTS) is 1. The lowest BCUT2D eigenvalue weighted by Gasteiger charge is -2.27. The van der Waals surface area contributed by atoms with Crippen LogP contribution < -0.4 is 15.2 Å². The van der Waals surface area contributed by atoms with Crippen LogP contribution in [-0.2, 0) is 4.79 Å². The lowest BCUT2D eigenvalue weighted by Crippen LogP contribution is -2.23. The first-order valence-electron chi connectivity index (χ1n) is 15.2. The number of benzene rings is 2. The van der Waals surface area contributed by atoms with E-state index in [-0.39, 0.29) is 5.82 Å². The van der Waals surface area contributed by atoms with Gasteiger partial charge in [0.2, 0.25) is 0 Å². The summed E-state index contributed by atoms with van der Waals surface area (Å²) in [5.74, 6) is 0.623. The number of carbonyl (C=O) groups is 1. The van der Waals surface area contributed by atoms with Gasteiger partial charge >= 0.3 is 5.97 Å². The molecule has 0 aliphatic carbocycles. The monoisotopic (exact) mass is 561 g/mol. The second-order valence-corrected chi connectivity index (χ2v) is 11.2. The summed E-state index contributed by atoms with van der Waals surface area (Å²) >= 11 is 0. The molecule has 0 bridgehead atoms. The van der Waals surface area contributed by atoms with Gasteiger partial charge in [-0.1, -0.05) is 100 Å². The van der Waals surface area contributed by atoms with Crippen molar-refractivity contribution in [2.45, 2.75) is 86.9 Å². The van der Waals surface area contributed by atoms with Crippen LogP contribution in [0, 0.1) is 6.92 Å². The van der Waals surface area contributed by atoms with Crippen LogP contribution in [-0.4, -0.2) is 18.4 Å². The van der Waals surface area contributed by atoms with Crippen LogP contribution in [0.5, 0.6) is 5.75 Å². The van der Waals surface area contributed by atoms with Crippen LogP contribution in [0.15, 0.2) is 76.8 Å². The maximum atomic E-state index is 12.5. The van der Waals surface area contributed by atoms with E-state index in [2.05, 4.69) is 97.9 Å². The standard InChI is InChI=1S/C38H46BO3/c1-10-14-29-22-31(18-17-27(29)8)35-23-30(15-11-2)33-21-25(6)20-32(37(33)42-35)28(9)39-34(19-16-24(5)12-3)36(38(40)41)26(7)13-4/h14-23,28H,8,10-13H2,1-7,9H3,(H,40,41)/b24-16+,29-14-,30-15-,34-19+,36-26+. The molecule has 1 radical (unpaired) electrons. The third kappa shape index (κ3) is 7.73. The molecule has 42 heavy (non-hydrogen) atoms. The number of aliphatic carboxylic acids is 1. The third-order valence-electron chi connectivity index (χ3n) is 7.83. The van der Waals surface area contributed by atoms with E-state index in [1.165, 1.54) is 5.57 Å². The van der Waals surface area contributed by atoms with Crippen molar-refractivity contribution in [3.05, 3.63) is 110 Å². The predicted octanol–water partition coefficient (Wildman–Crippen LogP) is 8.64. The fourth-order valence-electron chi connectivity index (χ4n) is 5.18. The highest BCUT2D eigenvalue weighted by Gasteiger charge is 2.27. The second kappa shape index (κ2) is 14.9. The number of hydrogen-bond donors (Lipinski definition) is 1. The van der Waals surface area contributed by atoms with Gasteiger partial charge < -0.3 is 9.84 Å². The summed E-state index contributed by atoms with van der Waals surface area (Å²) in [4.78, 5) is 12.5. The van der Waals surface area contributed by atoms with Gasteiger partial charge in [-0.2, -0.15) is 0 Å². The lowest BCUT2D eigenvalue weighted by molar-refractivity contribution is -0.132. The minimum atomic E-state index is -0.902. The Morgan fingerprint density at radius 2 is 1.74 bits per heavy atom. The molecular formula is C38H46BO3. The Balaban J connectivity index is 2.18. The zero-order chi connectivity index (χ0) is 31.0. The molecule has 2 aromatic rings. The summed E-state index contributed by atoms with van der Waals surface area (Å²) < 4.78 is 6.75. The largest absolute Gasteiger partial charge is 0.478 e. The third-order valence-corrected chi connectivity index (χ3v) is 7.83. The fraction of sp³-hybridized carbons (Fsp3) is 0.342. The summed E-state index contributed by atoms with van der Waals surface area (Å²) in [6.07, 6.45) is 14.0. The van der Waals surface area contributed by atoms with Gasteiger partial charge in [0.25, 0.3) is 0 Å². The van der Waals surface area contributed by atoms with Crippen molar-refractivity contribution in [2.75, 3.05) is 0 Å². The minimum absolute atomic E-state index is 0.104. The normalized spacial score (nSPS) is 16.4. The first-order chi connectivity index (χ1) is 20.0. The Morgan fingerprint density at radius 1 is 1.02 bits per heavy atom. The Morgan fingerprint density at radius 3 is 2.36 bits per heavy atom. The van der Waals surface area contributed by atoms with Gasteiger partial charge in [0, 0.05) is 11.1 Å². The number of allylic oxidation sites excluding steroid dienone is 7. The maximum Gasteiger partial charge on any atom is 0.335 e. The van der Waals surface area contributed by atoms with E-state index < -0.39 is 5.97 Å². The molecular weight excluding hydrogens is 515 g/mol. The number of rotatable bonds is 11. The van der Waals surface area contributed by atoms with Crippen LogP contribution in [0.25, 0.3) is 24.0 Å². The topological polar surface area (TPSA) is 46.5 Å². The fourth-order valence-corrected chi connectivity index (χ4v) is 5.18. The molecule has 0 saturated carbocycles. The highest BCUT2D eigenvalue weighted by molar-refractivity contribution is 6.50. The summed E-state index contributed by atoms with van der Waals surface area (Å²) in [6, 6.07) is 10.6. The molecule has 0 amide bonds. The van der Waals surface area contributed by atoms with Crippen molar-refractivity contribution in [3.8, 4) is 5.75 Å². The van der Waals surface area contributed by atoms with Crippen LogP contribution in [0.3, 0.4) is 0 Å². The Kier molecular flexibility index (Phi) is 11.6. The predicted molar refractivity (Wildman–Crippen MR) is 181 cm³/mol. The zero-order valence-corrected chi connectivity index (χ0v) is 26.7. The number of hydrogen-bond acceptors (Lipinski definition) is 2. The number of fused-ring (bicyclic) bond motifs is 1. The number of aryl methyl sites for hydroxylation is 1. The highest BCUT2D eigenvalue weighted by atomic mass is 16.5. The van der Waals surface area contributed by atoms with E-state index in [1.54, 1.807) is 0 Å². The Labute approximate surface area is 253 Å². The van der Waals surface area contributed by atoms with E-state index in [1.807, 2.05) is 32.1 Å². The molecule has 3 nitrogen and oxygen atoms in total. The van der Waals surface area contributed by atoms with E-state index in [0.717, 1.165) is 80.1 Å². The van der Waals surface area contributed by atoms with Crippen molar-refractivity contribution in [2.24, 2.45) is 0 Å². The van der Waals surface area contributed by atoms with Gasteiger partial charge in [0.05, 0.1) is 5.57 Å². The van der Waals surface area contributed by atoms with Gasteiger partial charge in [-0.05, 0) is 97.6 Å². The number of ether oxygens (including phenoxy) is 1. The van der Waals surface area contributed by atoms with Gasteiger partial charge in [-0.25, -0.2) is 4.79 Å². The molecule has 0 saturated heterocycles. The SMILES string of the molecule is C=c1ccc(C2=C/C(=C/CC)c3cc(C)cc(C(C)[B]C(=C/C=C(\C)CC)/C(C(=O)O)=C(/C)CC)c3O2)c/c1=C/CC. The molecule has 1 aliphatic rings. The molecule has 0 fully saturated rings. The molecule has 1 atom stereocenters. The van der Waals surface area contributed by atoms with Gasteiger partial charge in [0.15, 0.2) is 7.28 Å². The molecule has 0 spiro atoms. The molecule has 0 aromatic heterocycles. The average molecular weight is 562 g/mol. The number of carboxylic acids is 1. The second-order valence-electron chi connectivity index (χ2n) is 11.2. The summed E-state index contributed by atoms with van der Waals surface area (Å²) in [5, 5.41) is 12.3.